The Morgan fingerprint density at radius 3 is 2.62 bits per heavy atom. The SMILES string of the molecule is CSc1nc2c(c(=O)n1CC(C)C)C1(CCCCC1)Cc1ccccc1-2. The second-order valence-electron chi connectivity index (χ2n) is 8.31. The molecule has 0 saturated heterocycles. The zero-order valence-corrected chi connectivity index (χ0v) is 16.9. The standard InChI is InChI=1S/C22H28N2OS/c1-15(2)14-24-20(25)18-19(23-21(24)26-3)17-10-6-5-9-16(17)13-22(18)11-7-4-8-12-22/h5-6,9-10,15H,4,7-8,11-14H2,1-3H3. The molecule has 1 heterocycles. The molecule has 26 heavy (non-hydrogen) atoms. The van der Waals surface area contributed by atoms with Crippen molar-refractivity contribution in [3.63, 3.8) is 0 Å². The van der Waals surface area contributed by atoms with Crippen LogP contribution >= 0.6 is 11.8 Å². The highest BCUT2D eigenvalue weighted by Gasteiger charge is 2.43. The van der Waals surface area contributed by atoms with Crippen LogP contribution < -0.4 is 5.56 Å². The van der Waals surface area contributed by atoms with Crippen molar-refractivity contribution in [1.82, 2.24) is 9.55 Å². The first-order chi connectivity index (χ1) is 12.6. The van der Waals surface area contributed by atoms with Crippen molar-refractivity contribution in [2.45, 2.75) is 69.5 Å². The zero-order chi connectivity index (χ0) is 18.3. The van der Waals surface area contributed by atoms with E-state index in [1.54, 1.807) is 11.8 Å². The minimum atomic E-state index is -0.0122. The van der Waals surface area contributed by atoms with E-state index in [4.69, 9.17) is 4.98 Å². The fourth-order valence-corrected chi connectivity index (χ4v) is 5.46. The molecule has 3 nitrogen and oxygen atoms in total. The Morgan fingerprint density at radius 2 is 1.92 bits per heavy atom. The number of aromatic nitrogens is 2. The zero-order valence-electron chi connectivity index (χ0n) is 16.0. The van der Waals surface area contributed by atoms with Crippen molar-refractivity contribution in [2.24, 2.45) is 5.92 Å². The first-order valence-electron chi connectivity index (χ1n) is 9.83. The Morgan fingerprint density at radius 1 is 1.19 bits per heavy atom. The molecule has 0 radical (unpaired) electrons. The largest absolute Gasteiger partial charge is 0.287 e. The van der Waals surface area contributed by atoms with Crippen LogP contribution in [0.25, 0.3) is 11.3 Å². The summed E-state index contributed by atoms with van der Waals surface area (Å²) in [6.45, 7) is 5.08. The number of rotatable bonds is 3. The predicted octanol–water partition coefficient (Wildman–Crippen LogP) is 5.05. The summed E-state index contributed by atoms with van der Waals surface area (Å²) in [5, 5.41) is 0.852. The molecular weight excluding hydrogens is 340 g/mol. The molecule has 1 spiro atoms. The van der Waals surface area contributed by atoms with Crippen LogP contribution in [0.15, 0.2) is 34.2 Å². The van der Waals surface area contributed by atoms with Gasteiger partial charge in [-0.15, -0.1) is 0 Å². The van der Waals surface area contributed by atoms with E-state index < -0.39 is 0 Å². The van der Waals surface area contributed by atoms with Gasteiger partial charge in [0.2, 0.25) is 0 Å². The van der Waals surface area contributed by atoms with E-state index in [1.165, 1.54) is 30.4 Å². The quantitative estimate of drug-likeness (QED) is 0.562. The third-order valence-electron chi connectivity index (χ3n) is 6.01. The number of thioether (sulfide) groups is 1. The summed E-state index contributed by atoms with van der Waals surface area (Å²) in [5.74, 6) is 0.427. The van der Waals surface area contributed by atoms with Crippen LogP contribution in [0.5, 0.6) is 0 Å². The van der Waals surface area contributed by atoms with Crippen LogP contribution in [-0.4, -0.2) is 15.8 Å². The topological polar surface area (TPSA) is 34.9 Å². The smallest absolute Gasteiger partial charge is 0.258 e. The van der Waals surface area contributed by atoms with E-state index in [1.807, 2.05) is 10.8 Å². The lowest BCUT2D eigenvalue weighted by Gasteiger charge is -2.42. The number of hydrogen-bond acceptors (Lipinski definition) is 3. The predicted molar refractivity (Wildman–Crippen MR) is 109 cm³/mol. The normalized spacial score (nSPS) is 18.0. The van der Waals surface area contributed by atoms with Crippen molar-refractivity contribution >= 4 is 11.8 Å². The van der Waals surface area contributed by atoms with Gasteiger partial charge < -0.3 is 0 Å². The van der Waals surface area contributed by atoms with Crippen molar-refractivity contribution in [2.75, 3.05) is 6.26 Å². The molecule has 0 unspecified atom stereocenters. The van der Waals surface area contributed by atoms with Crippen LogP contribution in [-0.2, 0) is 18.4 Å². The summed E-state index contributed by atoms with van der Waals surface area (Å²) in [5.41, 5.74) is 4.70. The van der Waals surface area contributed by atoms with Gasteiger partial charge in [-0.05, 0) is 37.0 Å². The number of fused-ring (bicyclic) bond motifs is 4. The van der Waals surface area contributed by atoms with Crippen molar-refractivity contribution in [3.8, 4) is 11.3 Å². The second-order valence-corrected chi connectivity index (χ2v) is 9.08. The maximum Gasteiger partial charge on any atom is 0.258 e. The molecule has 0 aliphatic heterocycles. The van der Waals surface area contributed by atoms with Gasteiger partial charge in [-0.2, -0.15) is 0 Å². The summed E-state index contributed by atoms with van der Waals surface area (Å²) in [7, 11) is 0. The maximum atomic E-state index is 13.7. The van der Waals surface area contributed by atoms with Gasteiger partial charge in [-0.3, -0.25) is 9.36 Å². The fourth-order valence-electron chi connectivity index (χ4n) is 4.90. The van der Waals surface area contributed by atoms with Crippen LogP contribution in [0.1, 0.15) is 57.1 Å². The minimum Gasteiger partial charge on any atom is -0.287 e. The van der Waals surface area contributed by atoms with E-state index >= 15 is 0 Å². The molecule has 0 bridgehead atoms. The lowest BCUT2D eigenvalue weighted by atomic mass is 9.62. The summed E-state index contributed by atoms with van der Waals surface area (Å²) in [6, 6.07) is 8.57. The molecule has 2 aliphatic carbocycles. The average molecular weight is 369 g/mol. The first kappa shape index (κ1) is 17.8. The molecule has 1 aromatic heterocycles. The molecule has 138 valence electrons. The monoisotopic (exact) mass is 368 g/mol. The molecule has 4 heteroatoms. The van der Waals surface area contributed by atoms with Gasteiger partial charge in [0.25, 0.3) is 5.56 Å². The van der Waals surface area contributed by atoms with Gasteiger partial charge in [-0.1, -0.05) is 69.1 Å². The average Bonchev–Trinajstić information content (AvgIpc) is 2.64. The second kappa shape index (κ2) is 6.88. The molecule has 2 aromatic rings. The van der Waals surface area contributed by atoms with Gasteiger partial charge in [0.05, 0.1) is 11.3 Å². The van der Waals surface area contributed by atoms with Crippen molar-refractivity contribution in [1.29, 1.82) is 0 Å². The number of benzene rings is 1. The van der Waals surface area contributed by atoms with Gasteiger partial charge >= 0.3 is 0 Å². The van der Waals surface area contributed by atoms with Crippen LogP contribution in [0.3, 0.4) is 0 Å². The molecule has 4 rings (SSSR count). The molecular formula is C22H28N2OS. The van der Waals surface area contributed by atoms with E-state index in [2.05, 4.69) is 38.1 Å². The van der Waals surface area contributed by atoms with Crippen molar-refractivity contribution in [3.05, 3.63) is 45.7 Å². The molecule has 1 saturated carbocycles. The molecule has 1 fully saturated rings. The molecule has 0 atom stereocenters. The summed E-state index contributed by atoms with van der Waals surface area (Å²) in [4.78, 5) is 18.8. The van der Waals surface area contributed by atoms with Crippen LogP contribution in [0.4, 0.5) is 0 Å². The fraction of sp³-hybridized carbons (Fsp3) is 0.545. The lowest BCUT2D eigenvalue weighted by Crippen LogP contribution is -2.43. The number of nitrogens with zero attached hydrogens (tertiary/aromatic N) is 2. The summed E-state index contributed by atoms with van der Waals surface area (Å²) < 4.78 is 1.94. The molecule has 1 aromatic carbocycles. The third-order valence-corrected chi connectivity index (χ3v) is 6.68. The third kappa shape index (κ3) is 2.83. The Labute approximate surface area is 160 Å². The van der Waals surface area contributed by atoms with Gasteiger partial charge in [-0.25, -0.2) is 4.98 Å². The highest BCUT2D eigenvalue weighted by atomic mass is 32.2. The molecule has 2 aliphatic rings. The van der Waals surface area contributed by atoms with E-state index in [-0.39, 0.29) is 11.0 Å². The van der Waals surface area contributed by atoms with E-state index in [0.717, 1.165) is 42.2 Å². The Balaban J connectivity index is 2.02. The minimum absolute atomic E-state index is 0.0122. The molecule has 0 amide bonds. The van der Waals surface area contributed by atoms with Crippen LogP contribution in [0, 0.1) is 5.92 Å². The van der Waals surface area contributed by atoms with Crippen LogP contribution in [0.2, 0.25) is 0 Å². The highest BCUT2D eigenvalue weighted by Crippen LogP contribution is 2.48. The lowest BCUT2D eigenvalue weighted by molar-refractivity contribution is 0.281. The van der Waals surface area contributed by atoms with E-state index in [9.17, 15) is 4.79 Å². The van der Waals surface area contributed by atoms with Gasteiger partial charge in [0.15, 0.2) is 5.16 Å². The molecule has 0 N–H and O–H groups in total. The highest BCUT2D eigenvalue weighted by molar-refractivity contribution is 7.98. The summed E-state index contributed by atoms with van der Waals surface area (Å²) >= 11 is 1.59. The van der Waals surface area contributed by atoms with Crippen molar-refractivity contribution < 1.29 is 0 Å². The summed E-state index contributed by atoms with van der Waals surface area (Å²) in [6.07, 6.45) is 8.97. The Kier molecular flexibility index (Phi) is 4.72. The Bertz CT molecular complexity index is 878. The van der Waals surface area contributed by atoms with Gasteiger partial charge in [0.1, 0.15) is 0 Å². The first-order valence-corrected chi connectivity index (χ1v) is 11.1. The van der Waals surface area contributed by atoms with Gasteiger partial charge in [0, 0.05) is 17.5 Å². The Hall–Kier alpha value is -1.55. The number of hydrogen-bond donors (Lipinski definition) is 0. The van der Waals surface area contributed by atoms with E-state index in [0.29, 0.717) is 5.92 Å². The maximum absolute atomic E-state index is 13.7.